The van der Waals surface area contributed by atoms with Crippen LogP contribution in [0.4, 0.5) is 0 Å². The van der Waals surface area contributed by atoms with E-state index in [0.717, 1.165) is 67.0 Å². The zero-order valence-electron chi connectivity index (χ0n) is 20.5. The normalized spacial score (nSPS) is 13.8. The van der Waals surface area contributed by atoms with Crippen LogP contribution in [0.3, 0.4) is 0 Å². The Morgan fingerprint density at radius 2 is 1.92 bits per heavy atom. The number of allylic oxidation sites excluding steroid dienone is 1. The lowest BCUT2D eigenvalue weighted by atomic mass is 9.95. The van der Waals surface area contributed by atoms with E-state index in [2.05, 4.69) is 63.5 Å². The Morgan fingerprint density at radius 1 is 1.11 bits per heavy atom. The Hall–Kier alpha value is -3.78. The molecular weight excluding hydrogens is 470 g/mol. The number of H-pyrrole nitrogens is 1. The molecule has 0 saturated heterocycles. The van der Waals surface area contributed by atoms with Crippen LogP contribution in [0.2, 0.25) is 0 Å². The number of aromatic nitrogens is 3. The van der Waals surface area contributed by atoms with Gasteiger partial charge in [-0.2, -0.15) is 0 Å². The predicted molar refractivity (Wildman–Crippen MR) is 144 cm³/mol. The smallest absolute Gasteiger partial charge is 0.350 e. The molecule has 2 aromatic carbocycles. The Balaban J connectivity index is 1.39. The lowest BCUT2D eigenvalue weighted by molar-refractivity contribution is 0.388. The summed E-state index contributed by atoms with van der Waals surface area (Å²) in [5.41, 5.74) is 9.70. The van der Waals surface area contributed by atoms with Gasteiger partial charge in [0.1, 0.15) is 5.84 Å². The van der Waals surface area contributed by atoms with E-state index in [1.54, 1.807) is 11.3 Å². The van der Waals surface area contributed by atoms with Crippen molar-refractivity contribution in [1.82, 2.24) is 20.0 Å². The van der Waals surface area contributed by atoms with Gasteiger partial charge in [-0.15, -0.1) is 11.3 Å². The van der Waals surface area contributed by atoms with Gasteiger partial charge in [-0.05, 0) is 48.4 Å². The van der Waals surface area contributed by atoms with Crippen LogP contribution in [0.1, 0.15) is 44.4 Å². The highest BCUT2D eigenvalue weighted by Gasteiger charge is 2.20. The van der Waals surface area contributed by atoms with Crippen LogP contribution in [-0.2, 0) is 13.0 Å². The summed E-state index contributed by atoms with van der Waals surface area (Å²) >= 11 is 1.63. The monoisotopic (exact) mass is 499 g/mol. The van der Waals surface area contributed by atoms with Crippen LogP contribution in [0.5, 0.6) is 0 Å². The second-order valence-electron chi connectivity index (χ2n) is 9.01. The zero-order chi connectivity index (χ0) is 24.9. The van der Waals surface area contributed by atoms with Crippen molar-refractivity contribution in [1.29, 1.82) is 0 Å². The van der Waals surface area contributed by atoms with Crippen molar-refractivity contribution in [3.05, 3.63) is 92.5 Å². The Kier molecular flexibility index (Phi) is 7.23. The lowest BCUT2D eigenvalue weighted by Gasteiger charge is -2.30. The average Bonchev–Trinajstić information content (AvgIpc) is 3.57. The largest absolute Gasteiger partial charge is 0.439 e. The molecule has 1 N–H and O–H groups in total. The molecule has 0 saturated carbocycles. The van der Waals surface area contributed by atoms with Gasteiger partial charge in [0, 0.05) is 23.2 Å². The van der Waals surface area contributed by atoms with E-state index in [1.165, 1.54) is 16.8 Å². The van der Waals surface area contributed by atoms with Gasteiger partial charge in [0.2, 0.25) is 0 Å². The fourth-order valence-electron chi connectivity index (χ4n) is 4.53. The van der Waals surface area contributed by atoms with Gasteiger partial charge >= 0.3 is 5.76 Å². The minimum Gasteiger partial charge on any atom is -0.350 e. The van der Waals surface area contributed by atoms with E-state index in [1.807, 2.05) is 29.8 Å². The Labute approximate surface area is 214 Å². The molecule has 1 aliphatic rings. The maximum absolute atomic E-state index is 11.5. The van der Waals surface area contributed by atoms with E-state index < -0.39 is 5.76 Å². The van der Waals surface area contributed by atoms with Crippen molar-refractivity contribution in [2.75, 3.05) is 6.54 Å². The standard InChI is InChI=1S/C28H29N5O2S/c1-3-4-9-26-22(15-33(19(2)30-26)16-23-17-36-18-29-23)14-20-10-12-21(13-11-20)24-7-5-6-8-25(24)27-31-28(34)35-32-27/h5-8,10-13,17-18H,3-4,9,14-16H2,1-2H3,(H,31,32,34). The minimum absolute atomic E-state index is 0.432. The van der Waals surface area contributed by atoms with Gasteiger partial charge in [-0.25, -0.2) is 14.8 Å². The van der Waals surface area contributed by atoms with Gasteiger partial charge in [0.15, 0.2) is 5.82 Å². The summed E-state index contributed by atoms with van der Waals surface area (Å²) in [6, 6.07) is 16.5. The molecule has 0 aliphatic carbocycles. The fourth-order valence-corrected chi connectivity index (χ4v) is 5.08. The molecular formula is C28H29N5O2S. The van der Waals surface area contributed by atoms with Crippen molar-refractivity contribution in [2.45, 2.75) is 46.1 Å². The van der Waals surface area contributed by atoms with E-state index in [4.69, 9.17) is 9.52 Å². The number of nitrogens with zero attached hydrogens (tertiary/aromatic N) is 4. The number of hydrogen-bond donors (Lipinski definition) is 1. The first-order valence-corrected chi connectivity index (χ1v) is 13.2. The molecule has 4 aromatic rings. The first-order chi connectivity index (χ1) is 17.6. The SMILES string of the molecule is CCCCC1=C(Cc2ccc(-c3ccccc3-c3noc(=O)[nH]3)cc2)CN(Cc2cscn2)C(C)=N1. The number of aromatic amines is 1. The molecule has 3 heterocycles. The minimum atomic E-state index is -0.559. The van der Waals surface area contributed by atoms with Crippen molar-refractivity contribution >= 4 is 17.2 Å². The van der Waals surface area contributed by atoms with Gasteiger partial charge < -0.3 is 4.90 Å². The highest BCUT2D eigenvalue weighted by atomic mass is 32.1. The molecule has 0 amide bonds. The van der Waals surface area contributed by atoms with Crippen LogP contribution in [0.15, 0.2) is 85.0 Å². The highest BCUT2D eigenvalue weighted by molar-refractivity contribution is 7.07. The number of rotatable bonds is 9. The number of amidine groups is 1. The summed E-state index contributed by atoms with van der Waals surface area (Å²) in [7, 11) is 0. The number of nitrogens with one attached hydrogen (secondary N) is 1. The highest BCUT2D eigenvalue weighted by Crippen LogP contribution is 2.31. The summed E-state index contributed by atoms with van der Waals surface area (Å²) < 4.78 is 4.72. The van der Waals surface area contributed by atoms with Gasteiger partial charge in [0.05, 0.1) is 17.7 Å². The van der Waals surface area contributed by atoms with Crippen LogP contribution in [0.25, 0.3) is 22.5 Å². The summed E-state index contributed by atoms with van der Waals surface area (Å²) in [4.78, 5) is 25.9. The maximum atomic E-state index is 11.5. The third-order valence-corrected chi connectivity index (χ3v) is 7.09. The average molecular weight is 500 g/mol. The lowest BCUT2D eigenvalue weighted by Crippen LogP contribution is -2.34. The molecule has 5 rings (SSSR count). The van der Waals surface area contributed by atoms with E-state index in [9.17, 15) is 4.79 Å². The first-order valence-electron chi connectivity index (χ1n) is 12.2. The molecule has 1 aliphatic heterocycles. The van der Waals surface area contributed by atoms with Gasteiger partial charge in [-0.1, -0.05) is 67.0 Å². The third kappa shape index (κ3) is 5.39. The number of hydrogen-bond acceptors (Lipinski definition) is 7. The first kappa shape index (κ1) is 23.9. The molecule has 36 heavy (non-hydrogen) atoms. The Bertz CT molecular complexity index is 1430. The molecule has 0 bridgehead atoms. The zero-order valence-corrected chi connectivity index (χ0v) is 21.3. The van der Waals surface area contributed by atoms with E-state index >= 15 is 0 Å². The summed E-state index contributed by atoms with van der Waals surface area (Å²) in [6.45, 7) is 5.97. The van der Waals surface area contributed by atoms with E-state index in [-0.39, 0.29) is 0 Å². The van der Waals surface area contributed by atoms with Crippen molar-refractivity contribution in [2.24, 2.45) is 4.99 Å². The van der Waals surface area contributed by atoms with Crippen LogP contribution < -0.4 is 5.76 Å². The van der Waals surface area contributed by atoms with E-state index in [0.29, 0.717) is 5.82 Å². The second-order valence-corrected chi connectivity index (χ2v) is 9.73. The van der Waals surface area contributed by atoms with Crippen molar-refractivity contribution < 1.29 is 4.52 Å². The summed E-state index contributed by atoms with van der Waals surface area (Å²) in [5.74, 6) is 0.938. The molecule has 0 spiro atoms. The predicted octanol–water partition coefficient (Wildman–Crippen LogP) is 6.07. The van der Waals surface area contributed by atoms with Crippen LogP contribution in [-0.4, -0.2) is 32.4 Å². The molecule has 7 nitrogen and oxygen atoms in total. The van der Waals surface area contributed by atoms with Gasteiger partial charge in [-0.3, -0.25) is 9.51 Å². The van der Waals surface area contributed by atoms with Crippen LogP contribution >= 0.6 is 11.3 Å². The number of unbranched alkanes of at least 4 members (excludes halogenated alkanes) is 1. The number of aliphatic imine (C=N–C) groups is 1. The number of benzene rings is 2. The van der Waals surface area contributed by atoms with Crippen LogP contribution in [0, 0.1) is 0 Å². The molecule has 0 atom stereocenters. The summed E-state index contributed by atoms with van der Waals surface area (Å²) in [6.07, 6.45) is 4.16. The molecule has 0 unspecified atom stereocenters. The topological polar surface area (TPSA) is 87.4 Å². The van der Waals surface area contributed by atoms with Crippen molar-refractivity contribution in [3.8, 4) is 22.5 Å². The fraction of sp³-hybridized carbons (Fsp3) is 0.286. The third-order valence-electron chi connectivity index (χ3n) is 6.45. The molecule has 184 valence electrons. The summed E-state index contributed by atoms with van der Waals surface area (Å²) in [5, 5.41) is 5.98. The number of thiazole rings is 1. The Morgan fingerprint density at radius 3 is 2.61 bits per heavy atom. The van der Waals surface area contributed by atoms with Gasteiger partial charge in [0.25, 0.3) is 0 Å². The molecule has 0 radical (unpaired) electrons. The second kappa shape index (κ2) is 10.9. The quantitative estimate of drug-likeness (QED) is 0.302. The van der Waals surface area contributed by atoms with Crippen molar-refractivity contribution in [3.63, 3.8) is 0 Å². The maximum Gasteiger partial charge on any atom is 0.439 e. The molecule has 0 fully saturated rings. The molecule has 8 heteroatoms. The molecule has 2 aromatic heterocycles.